The zero-order valence-corrected chi connectivity index (χ0v) is 10.9. The molecule has 0 bridgehead atoms. The lowest BCUT2D eigenvalue weighted by molar-refractivity contribution is -0.115. The fourth-order valence-corrected chi connectivity index (χ4v) is 1.17. The molecule has 18 heavy (non-hydrogen) atoms. The van der Waals surface area contributed by atoms with E-state index < -0.39 is 11.8 Å². The molecule has 0 aliphatic carbocycles. The molecule has 0 radical (unpaired) electrons. The Morgan fingerprint density at radius 3 is 2.22 bits per heavy atom. The fourth-order valence-electron chi connectivity index (χ4n) is 1.17. The van der Waals surface area contributed by atoms with Crippen molar-refractivity contribution in [2.45, 2.75) is 20.8 Å². The fraction of sp³-hybridized carbons (Fsp3) is 0.286. The number of carbonyl (C=O) groups is 2. The predicted octanol–water partition coefficient (Wildman–Crippen LogP) is 1.83. The molecular weight excluding hydrogens is 228 g/mol. The second kappa shape index (κ2) is 5.49. The Morgan fingerprint density at radius 2 is 1.72 bits per heavy atom. The van der Waals surface area contributed by atoms with Crippen molar-refractivity contribution in [3.05, 3.63) is 47.7 Å². The number of hydrogen-bond donors (Lipinski definition) is 2. The maximum absolute atomic E-state index is 11.7. The second-order valence-corrected chi connectivity index (χ2v) is 5.03. The van der Waals surface area contributed by atoms with Gasteiger partial charge in [-0.2, -0.15) is 0 Å². The largest absolute Gasteiger partial charge is 0.401 e. The van der Waals surface area contributed by atoms with Crippen molar-refractivity contribution in [1.29, 1.82) is 0 Å². The molecule has 0 saturated heterocycles. The molecule has 1 aromatic carbocycles. The van der Waals surface area contributed by atoms with Crippen LogP contribution in [0.2, 0.25) is 0 Å². The minimum atomic E-state index is -0.503. The summed E-state index contributed by atoms with van der Waals surface area (Å²) >= 11 is 0. The van der Waals surface area contributed by atoms with Crippen LogP contribution in [0.5, 0.6) is 0 Å². The van der Waals surface area contributed by atoms with Crippen molar-refractivity contribution in [2.24, 2.45) is 11.1 Å². The van der Waals surface area contributed by atoms with E-state index in [9.17, 15) is 9.59 Å². The average molecular weight is 246 g/mol. The van der Waals surface area contributed by atoms with Crippen molar-refractivity contribution in [2.75, 3.05) is 0 Å². The Balaban J connectivity index is 2.70. The van der Waals surface area contributed by atoms with E-state index in [1.54, 1.807) is 30.3 Å². The van der Waals surface area contributed by atoms with Crippen molar-refractivity contribution in [3.63, 3.8) is 0 Å². The first-order valence-electron chi connectivity index (χ1n) is 5.68. The van der Waals surface area contributed by atoms with Gasteiger partial charge >= 0.3 is 0 Å². The topological polar surface area (TPSA) is 72.2 Å². The zero-order chi connectivity index (χ0) is 13.8. The van der Waals surface area contributed by atoms with Gasteiger partial charge in [-0.15, -0.1) is 0 Å². The van der Waals surface area contributed by atoms with Crippen LogP contribution in [0.1, 0.15) is 31.1 Å². The van der Waals surface area contributed by atoms with Crippen LogP contribution in [0, 0.1) is 5.41 Å². The highest BCUT2D eigenvalue weighted by molar-refractivity contribution is 6.08. The van der Waals surface area contributed by atoms with Gasteiger partial charge in [0.25, 0.3) is 11.8 Å². The van der Waals surface area contributed by atoms with Crippen molar-refractivity contribution >= 4 is 11.8 Å². The summed E-state index contributed by atoms with van der Waals surface area (Å²) in [5.41, 5.74) is 6.33. The van der Waals surface area contributed by atoms with Crippen LogP contribution in [-0.4, -0.2) is 11.8 Å². The van der Waals surface area contributed by atoms with Gasteiger partial charge in [-0.25, -0.2) is 0 Å². The normalized spacial score (nSPS) is 12.1. The summed E-state index contributed by atoms with van der Waals surface area (Å²) in [5, 5.41) is 2.26. The molecule has 4 nitrogen and oxygen atoms in total. The Labute approximate surface area is 107 Å². The molecule has 0 heterocycles. The van der Waals surface area contributed by atoms with Crippen LogP contribution in [0.3, 0.4) is 0 Å². The van der Waals surface area contributed by atoms with Crippen LogP contribution >= 0.6 is 0 Å². The van der Waals surface area contributed by atoms with E-state index in [0.717, 1.165) is 0 Å². The number of rotatable bonds is 2. The third-order valence-electron chi connectivity index (χ3n) is 2.43. The van der Waals surface area contributed by atoms with Crippen LogP contribution in [-0.2, 0) is 4.79 Å². The number of nitrogens with one attached hydrogen (secondary N) is 1. The van der Waals surface area contributed by atoms with Crippen molar-refractivity contribution < 1.29 is 9.59 Å². The van der Waals surface area contributed by atoms with E-state index in [1.165, 1.54) is 6.08 Å². The maximum atomic E-state index is 11.7. The third-order valence-corrected chi connectivity index (χ3v) is 2.43. The molecule has 0 aromatic heterocycles. The summed E-state index contributed by atoms with van der Waals surface area (Å²) in [6.07, 6.45) is 1.25. The van der Waals surface area contributed by atoms with Gasteiger partial charge in [0.05, 0.1) is 0 Å². The van der Waals surface area contributed by atoms with Crippen LogP contribution in [0.25, 0.3) is 0 Å². The summed E-state index contributed by atoms with van der Waals surface area (Å²) in [7, 11) is 0. The minimum Gasteiger partial charge on any atom is -0.401 e. The summed E-state index contributed by atoms with van der Waals surface area (Å²) in [6.45, 7) is 5.68. The van der Waals surface area contributed by atoms with Gasteiger partial charge in [0.15, 0.2) is 0 Å². The van der Waals surface area contributed by atoms with Gasteiger partial charge in [-0.3, -0.25) is 14.9 Å². The highest BCUT2D eigenvalue weighted by Gasteiger charge is 2.16. The predicted molar refractivity (Wildman–Crippen MR) is 70.6 cm³/mol. The van der Waals surface area contributed by atoms with Gasteiger partial charge in [0.2, 0.25) is 0 Å². The first-order chi connectivity index (χ1) is 8.30. The first-order valence-corrected chi connectivity index (χ1v) is 5.68. The molecular formula is C14H18N2O2. The van der Waals surface area contributed by atoms with Gasteiger partial charge in [0.1, 0.15) is 0 Å². The Kier molecular flexibility index (Phi) is 4.26. The summed E-state index contributed by atoms with van der Waals surface area (Å²) < 4.78 is 0. The molecule has 0 saturated carbocycles. The average Bonchev–Trinajstić information content (AvgIpc) is 2.28. The molecule has 0 fully saturated rings. The zero-order valence-electron chi connectivity index (χ0n) is 10.9. The van der Waals surface area contributed by atoms with Gasteiger partial charge in [-0.05, 0) is 12.1 Å². The third kappa shape index (κ3) is 4.05. The van der Waals surface area contributed by atoms with Gasteiger partial charge in [0, 0.05) is 22.8 Å². The monoisotopic (exact) mass is 246 g/mol. The Bertz CT molecular complexity index is 470. The van der Waals surface area contributed by atoms with Gasteiger partial charge in [-0.1, -0.05) is 39.0 Å². The summed E-state index contributed by atoms with van der Waals surface area (Å²) in [5.74, 6) is -0.935. The molecule has 0 atom stereocenters. The second-order valence-electron chi connectivity index (χ2n) is 5.03. The molecule has 0 aliphatic rings. The molecule has 0 unspecified atom stereocenters. The van der Waals surface area contributed by atoms with Gasteiger partial charge < -0.3 is 5.73 Å². The van der Waals surface area contributed by atoms with E-state index in [2.05, 4.69) is 5.32 Å². The first kappa shape index (κ1) is 14.0. The highest BCUT2D eigenvalue weighted by atomic mass is 16.2. The molecule has 1 rings (SSSR count). The lowest BCUT2D eigenvalue weighted by Gasteiger charge is -2.18. The highest BCUT2D eigenvalue weighted by Crippen LogP contribution is 2.19. The number of nitrogens with two attached hydrogens (primary N) is 1. The number of hydrogen-bond acceptors (Lipinski definition) is 3. The van der Waals surface area contributed by atoms with Crippen LogP contribution in [0.4, 0.5) is 0 Å². The lowest BCUT2D eigenvalue weighted by atomic mass is 9.92. The van der Waals surface area contributed by atoms with Crippen molar-refractivity contribution in [1.82, 2.24) is 5.32 Å². The number of imide groups is 1. The lowest BCUT2D eigenvalue weighted by Crippen LogP contribution is -2.30. The molecule has 0 spiro atoms. The number of benzene rings is 1. The van der Waals surface area contributed by atoms with Crippen LogP contribution < -0.4 is 11.1 Å². The van der Waals surface area contributed by atoms with E-state index in [1.807, 2.05) is 20.8 Å². The molecule has 0 aliphatic heterocycles. The number of allylic oxidation sites excluding steroid dienone is 1. The van der Waals surface area contributed by atoms with Crippen molar-refractivity contribution in [3.8, 4) is 0 Å². The summed E-state index contributed by atoms with van der Waals surface area (Å²) in [6, 6.07) is 8.55. The minimum absolute atomic E-state index is 0.298. The molecule has 4 heteroatoms. The SMILES string of the molecule is CC(C)(C)/C(N)=C/C(=O)NC(=O)c1ccccc1. The van der Waals surface area contributed by atoms with Crippen LogP contribution in [0.15, 0.2) is 42.1 Å². The van der Waals surface area contributed by atoms with E-state index in [4.69, 9.17) is 5.73 Å². The molecule has 3 N–H and O–H groups in total. The molecule has 2 amide bonds. The van der Waals surface area contributed by atoms with E-state index >= 15 is 0 Å². The molecule has 1 aromatic rings. The quantitative estimate of drug-likeness (QED) is 0.782. The standard InChI is InChI=1S/C14H18N2O2/c1-14(2,3)11(15)9-12(17)16-13(18)10-7-5-4-6-8-10/h4-9H,15H2,1-3H3,(H,16,17,18)/b11-9-. The van der Waals surface area contributed by atoms with E-state index in [0.29, 0.717) is 11.3 Å². The maximum Gasteiger partial charge on any atom is 0.258 e. The van der Waals surface area contributed by atoms with E-state index in [-0.39, 0.29) is 5.41 Å². The molecule has 96 valence electrons. The Morgan fingerprint density at radius 1 is 1.17 bits per heavy atom. The Hall–Kier alpha value is -2.10. The number of amides is 2. The number of carbonyl (C=O) groups excluding carboxylic acids is 2. The summed E-state index contributed by atoms with van der Waals surface area (Å²) in [4.78, 5) is 23.3. The smallest absolute Gasteiger partial charge is 0.258 e.